The fourth-order valence-corrected chi connectivity index (χ4v) is 3.43. The number of ether oxygens (including phenoxy) is 1. The van der Waals surface area contributed by atoms with E-state index < -0.39 is 0 Å². The van der Waals surface area contributed by atoms with Gasteiger partial charge in [-0.25, -0.2) is 4.68 Å². The molecule has 1 aliphatic rings. The Morgan fingerprint density at radius 3 is 2.72 bits per heavy atom. The molecule has 128 valence electrons. The maximum atomic E-state index is 6.02. The average molecular weight is 356 g/mol. The summed E-state index contributed by atoms with van der Waals surface area (Å²) in [6.07, 6.45) is 0.789. The van der Waals surface area contributed by atoms with E-state index in [0.29, 0.717) is 11.0 Å². The van der Waals surface area contributed by atoms with Crippen molar-refractivity contribution < 1.29 is 4.74 Å². The predicted molar refractivity (Wildman–Crippen MR) is 98.0 cm³/mol. The lowest BCUT2D eigenvalue weighted by atomic mass is 9.93. The second-order valence-corrected chi connectivity index (χ2v) is 6.42. The van der Waals surface area contributed by atoms with Crippen LogP contribution in [0.4, 0.5) is 11.9 Å². The molecule has 0 radical (unpaired) electrons. The van der Waals surface area contributed by atoms with Gasteiger partial charge in [0.25, 0.3) is 0 Å². The van der Waals surface area contributed by atoms with Gasteiger partial charge >= 0.3 is 0 Å². The number of para-hydroxylation sites is 1. The lowest BCUT2D eigenvalue weighted by molar-refractivity contribution is 0.380. The molecule has 0 amide bonds. The summed E-state index contributed by atoms with van der Waals surface area (Å²) < 4.78 is 7.38. The first-order valence-electron chi connectivity index (χ1n) is 8.02. The molecule has 25 heavy (non-hydrogen) atoms. The summed E-state index contributed by atoms with van der Waals surface area (Å²) in [5, 5.41) is 8.50. The minimum absolute atomic E-state index is 0.0297. The van der Waals surface area contributed by atoms with Gasteiger partial charge in [-0.1, -0.05) is 41.9 Å². The highest BCUT2D eigenvalue weighted by Gasteiger charge is 2.32. The second-order valence-electron chi connectivity index (χ2n) is 5.98. The van der Waals surface area contributed by atoms with Crippen LogP contribution in [0, 0.1) is 0 Å². The van der Waals surface area contributed by atoms with E-state index >= 15 is 0 Å². The van der Waals surface area contributed by atoms with Gasteiger partial charge in [0.1, 0.15) is 5.75 Å². The third-order valence-electron chi connectivity index (χ3n) is 4.48. The van der Waals surface area contributed by atoms with Crippen molar-refractivity contribution in [2.75, 3.05) is 18.2 Å². The van der Waals surface area contributed by atoms with Gasteiger partial charge in [0, 0.05) is 10.6 Å². The zero-order chi connectivity index (χ0) is 17.4. The summed E-state index contributed by atoms with van der Waals surface area (Å²) >= 11 is 6.02. The van der Waals surface area contributed by atoms with Crippen LogP contribution in [0.1, 0.15) is 29.6 Å². The molecular weight excluding hydrogens is 338 g/mol. The van der Waals surface area contributed by atoms with Crippen LogP contribution in [0.2, 0.25) is 5.02 Å². The molecule has 2 aromatic carbocycles. The maximum Gasteiger partial charge on any atom is 0.241 e. The van der Waals surface area contributed by atoms with Gasteiger partial charge in [-0.2, -0.15) is 4.98 Å². The third kappa shape index (κ3) is 2.89. The Kier molecular flexibility index (Phi) is 3.97. The number of aromatic nitrogens is 3. The summed E-state index contributed by atoms with van der Waals surface area (Å²) in [7, 11) is 1.67. The van der Waals surface area contributed by atoms with Gasteiger partial charge in [0.05, 0.1) is 19.2 Å². The van der Waals surface area contributed by atoms with Gasteiger partial charge < -0.3 is 15.8 Å². The number of fused-ring (bicyclic) bond motifs is 1. The van der Waals surface area contributed by atoms with E-state index in [1.165, 1.54) is 0 Å². The summed E-state index contributed by atoms with van der Waals surface area (Å²) in [4.78, 5) is 4.33. The number of rotatable bonds is 3. The number of methoxy groups -OCH3 is 1. The van der Waals surface area contributed by atoms with E-state index in [9.17, 15) is 0 Å². The molecule has 0 saturated heterocycles. The minimum atomic E-state index is -0.0297. The van der Waals surface area contributed by atoms with Crippen molar-refractivity contribution in [1.82, 2.24) is 14.8 Å². The number of nitrogens with one attached hydrogen (secondary N) is 1. The molecule has 3 N–H and O–H groups in total. The quantitative estimate of drug-likeness (QED) is 0.749. The number of nitrogens with two attached hydrogens (primary N) is 1. The Balaban J connectivity index is 1.78. The number of benzene rings is 2. The van der Waals surface area contributed by atoms with Gasteiger partial charge in [-0.15, -0.1) is 5.10 Å². The molecule has 0 aliphatic carbocycles. The number of nitrogen functional groups attached to an aromatic ring is 1. The molecule has 0 unspecified atom stereocenters. The van der Waals surface area contributed by atoms with Crippen LogP contribution in [0.3, 0.4) is 0 Å². The Morgan fingerprint density at radius 2 is 1.96 bits per heavy atom. The van der Waals surface area contributed by atoms with E-state index in [4.69, 9.17) is 22.1 Å². The highest BCUT2D eigenvalue weighted by atomic mass is 35.5. The zero-order valence-corrected chi connectivity index (χ0v) is 14.4. The topological polar surface area (TPSA) is 78.0 Å². The van der Waals surface area contributed by atoms with Crippen molar-refractivity contribution in [2.45, 2.75) is 18.5 Å². The Labute approximate surface area is 150 Å². The van der Waals surface area contributed by atoms with E-state index in [2.05, 4.69) is 21.5 Å². The van der Waals surface area contributed by atoms with E-state index in [1.54, 1.807) is 7.11 Å². The molecule has 0 saturated carbocycles. The van der Waals surface area contributed by atoms with Crippen LogP contribution in [0.25, 0.3) is 0 Å². The van der Waals surface area contributed by atoms with Crippen molar-refractivity contribution in [2.24, 2.45) is 0 Å². The Hall–Kier alpha value is -2.73. The highest BCUT2D eigenvalue weighted by Crippen LogP contribution is 2.40. The molecule has 1 aliphatic heterocycles. The molecule has 0 spiro atoms. The van der Waals surface area contributed by atoms with Crippen LogP contribution in [-0.4, -0.2) is 21.9 Å². The number of halogens is 1. The molecule has 0 bridgehead atoms. The molecule has 3 aromatic rings. The Morgan fingerprint density at radius 1 is 1.20 bits per heavy atom. The molecule has 7 heteroatoms. The number of hydrogen-bond donors (Lipinski definition) is 2. The Bertz CT molecular complexity index is 893. The van der Waals surface area contributed by atoms with E-state index in [0.717, 1.165) is 23.3 Å². The van der Waals surface area contributed by atoms with E-state index in [1.807, 2.05) is 47.1 Å². The number of anilines is 2. The first-order chi connectivity index (χ1) is 12.2. The second kappa shape index (κ2) is 6.29. The van der Waals surface area contributed by atoms with Crippen molar-refractivity contribution >= 4 is 23.5 Å². The summed E-state index contributed by atoms with van der Waals surface area (Å²) in [6, 6.07) is 15.8. The molecule has 2 heterocycles. The molecule has 2 atom stereocenters. The van der Waals surface area contributed by atoms with Gasteiger partial charge in [0.15, 0.2) is 0 Å². The minimum Gasteiger partial charge on any atom is -0.496 e. The first-order valence-corrected chi connectivity index (χ1v) is 8.40. The standard InChI is InChI=1S/C18H18ClN5O/c1-25-16-5-3-2-4-13(16)15-10-14(11-6-8-12(19)9-7-11)21-18-22-17(20)23-24(15)18/h2-9,14-15H,10H2,1H3,(H3,20,21,22,23)/t14-,15-/m0/s1. The van der Waals surface area contributed by atoms with Gasteiger partial charge in [-0.3, -0.25) is 0 Å². The highest BCUT2D eigenvalue weighted by molar-refractivity contribution is 6.30. The average Bonchev–Trinajstić information content (AvgIpc) is 3.01. The summed E-state index contributed by atoms with van der Waals surface area (Å²) in [6.45, 7) is 0. The number of nitrogens with zero attached hydrogens (tertiary/aromatic N) is 3. The van der Waals surface area contributed by atoms with E-state index in [-0.39, 0.29) is 18.0 Å². The monoisotopic (exact) mass is 355 g/mol. The van der Waals surface area contributed by atoms with Crippen LogP contribution in [-0.2, 0) is 0 Å². The van der Waals surface area contributed by atoms with Gasteiger partial charge in [-0.05, 0) is 30.2 Å². The molecule has 0 fully saturated rings. The van der Waals surface area contributed by atoms with Crippen LogP contribution in [0.15, 0.2) is 48.5 Å². The van der Waals surface area contributed by atoms with Crippen LogP contribution < -0.4 is 15.8 Å². The maximum absolute atomic E-state index is 6.02. The SMILES string of the molecule is COc1ccccc1[C@@H]1C[C@@H](c2ccc(Cl)cc2)Nc2nc(N)nn21. The zero-order valence-electron chi connectivity index (χ0n) is 13.7. The van der Waals surface area contributed by atoms with Crippen molar-refractivity contribution in [3.63, 3.8) is 0 Å². The van der Waals surface area contributed by atoms with Crippen molar-refractivity contribution in [3.05, 3.63) is 64.7 Å². The molecule has 6 nitrogen and oxygen atoms in total. The van der Waals surface area contributed by atoms with Crippen molar-refractivity contribution in [3.8, 4) is 5.75 Å². The lowest BCUT2D eigenvalue weighted by Gasteiger charge is -2.32. The number of hydrogen-bond acceptors (Lipinski definition) is 5. The summed E-state index contributed by atoms with van der Waals surface area (Å²) in [5.74, 6) is 1.73. The predicted octanol–water partition coefficient (Wildman–Crippen LogP) is 3.67. The normalized spacial score (nSPS) is 19.1. The first kappa shape index (κ1) is 15.8. The van der Waals surface area contributed by atoms with Gasteiger partial charge in [0.2, 0.25) is 11.9 Å². The molecule has 1 aromatic heterocycles. The van der Waals surface area contributed by atoms with Crippen LogP contribution >= 0.6 is 11.6 Å². The van der Waals surface area contributed by atoms with Crippen molar-refractivity contribution in [1.29, 1.82) is 0 Å². The lowest BCUT2D eigenvalue weighted by Crippen LogP contribution is -2.28. The largest absolute Gasteiger partial charge is 0.496 e. The smallest absolute Gasteiger partial charge is 0.241 e. The molecule has 4 rings (SSSR count). The summed E-state index contributed by atoms with van der Waals surface area (Å²) in [5.41, 5.74) is 8.03. The molecular formula is C18H18ClN5O. The third-order valence-corrected chi connectivity index (χ3v) is 4.73. The fourth-order valence-electron chi connectivity index (χ4n) is 3.31. The fraction of sp³-hybridized carbons (Fsp3) is 0.222. The van der Waals surface area contributed by atoms with Crippen LogP contribution in [0.5, 0.6) is 5.75 Å².